The van der Waals surface area contributed by atoms with E-state index >= 15 is 0 Å². The molecule has 8 nitrogen and oxygen atoms in total. The molecule has 0 aromatic rings. The number of carboxylic acids is 1. The van der Waals surface area contributed by atoms with Crippen molar-refractivity contribution in [2.45, 2.75) is 225 Å². The molecule has 0 N–H and O–H groups in total. The Labute approximate surface area is 369 Å². The number of ether oxygens (including phenoxy) is 3. The molecule has 0 amide bonds. The molecule has 0 spiro atoms. The molecule has 0 radical (unpaired) electrons. The lowest BCUT2D eigenvalue weighted by atomic mass is 10.1. The summed E-state index contributed by atoms with van der Waals surface area (Å²) < 4.78 is 17.2. The normalized spacial score (nSPS) is 13.3. The summed E-state index contributed by atoms with van der Waals surface area (Å²) >= 11 is 0. The molecular weight excluding hydrogens is 751 g/mol. The number of likely N-dealkylation sites (N-methyl/N-ethyl adjacent to an activating group) is 1. The molecule has 0 aromatic carbocycles. The number of hydrogen-bond acceptors (Lipinski definition) is 7. The van der Waals surface area contributed by atoms with Gasteiger partial charge in [0.25, 0.3) is 0 Å². The Balaban J connectivity index is 4.36. The number of rotatable bonds is 44. The Kier molecular flexibility index (Phi) is 41.0. The second kappa shape index (κ2) is 43.0. The van der Waals surface area contributed by atoms with Crippen LogP contribution in [-0.2, 0) is 28.6 Å². The van der Waals surface area contributed by atoms with Crippen molar-refractivity contribution in [3.8, 4) is 0 Å². The highest BCUT2D eigenvalue weighted by molar-refractivity contribution is 5.70. The molecule has 2 atom stereocenters. The van der Waals surface area contributed by atoms with E-state index in [9.17, 15) is 19.5 Å². The molecule has 60 heavy (non-hydrogen) atoms. The summed E-state index contributed by atoms with van der Waals surface area (Å²) in [5.41, 5.74) is 0. The van der Waals surface area contributed by atoms with Gasteiger partial charge >= 0.3 is 11.9 Å². The van der Waals surface area contributed by atoms with Gasteiger partial charge in [-0.2, -0.15) is 0 Å². The van der Waals surface area contributed by atoms with Gasteiger partial charge in [0, 0.05) is 19.3 Å². The lowest BCUT2D eigenvalue weighted by Gasteiger charge is -2.34. The maximum absolute atomic E-state index is 12.8. The number of hydrogen-bond donors (Lipinski definition) is 0. The lowest BCUT2D eigenvalue weighted by Crippen LogP contribution is -2.55. The van der Waals surface area contributed by atoms with Gasteiger partial charge in [-0.3, -0.25) is 9.59 Å². The van der Waals surface area contributed by atoms with Crippen molar-refractivity contribution in [2.24, 2.45) is 0 Å². The fraction of sp³-hybridized carbons (Fsp3) is 0.788. The van der Waals surface area contributed by atoms with Gasteiger partial charge in [0.1, 0.15) is 12.6 Å². The number of aliphatic carboxylic acids is 1. The van der Waals surface area contributed by atoms with Crippen molar-refractivity contribution in [2.75, 3.05) is 41.0 Å². The Morgan fingerprint density at radius 1 is 0.500 bits per heavy atom. The second-order valence-corrected chi connectivity index (χ2v) is 17.7. The lowest BCUT2D eigenvalue weighted by molar-refractivity contribution is -0.889. The number of carbonyl (C=O) groups excluding carboxylic acids is 3. The first-order valence-corrected chi connectivity index (χ1v) is 24.7. The number of unbranched alkanes of at least 4 members (excludes halogenated alkanes) is 22. The highest BCUT2D eigenvalue weighted by atomic mass is 16.6. The summed E-state index contributed by atoms with van der Waals surface area (Å²) in [6.07, 6.45) is 51.4. The molecule has 0 rings (SSSR count). The first kappa shape index (κ1) is 57.3. The minimum Gasteiger partial charge on any atom is -0.544 e. The van der Waals surface area contributed by atoms with E-state index < -0.39 is 18.1 Å². The number of esters is 2. The van der Waals surface area contributed by atoms with Crippen LogP contribution in [0.5, 0.6) is 0 Å². The third-order valence-corrected chi connectivity index (χ3v) is 10.9. The van der Waals surface area contributed by atoms with Crippen LogP contribution in [-0.4, -0.2) is 75.5 Å². The van der Waals surface area contributed by atoms with Crippen LogP contribution < -0.4 is 5.11 Å². The van der Waals surface area contributed by atoms with Gasteiger partial charge in [0.15, 0.2) is 6.10 Å². The molecule has 0 fully saturated rings. The average molecular weight is 844 g/mol. The van der Waals surface area contributed by atoms with Crippen molar-refractivity contribution in [1.82, 2.24) is 0 Å². The average Bonchev–Trinajstić information content (AvgIpc) is 3.21. The topological polar surface area (TPSA) is 102 Å². The van der Waals surface area contributed by atoms with Gasteiger partial charge in [0.05, 0.1) is 40.3 Å². The van der Waals surface area contributed by atoms with E-state index in [-0.39, 0.29) is 49.1 Å². The maximum atomic E-state index is 12.8. The Bertz CT molecular complexity index is 1120. The van der Waals surface area contributed by atoms with Crippen LogP contribution in [0.15, 0.2) is 48.6 Å². The highest BCUT2D eigenvalue weighted by Crippen LogP contribution is 2.14. The molecule has 0 saturated carbocycles. The summed E-state index contributed by atoms with van der Waals surface area (Å²) in [5.74, 6) is -1.80. The van der Waals surface area contributed by atoms with Crippen molar-refractivity contribution in [3.05, 3.63) is 48.6 Å². The number of allylic oxidation sites excluding steroid dienone is 8. The van der Waals surface area contributed by atoms with Crippen molar-refractivity contribution >= 4 is 17.9 Å². The van der Waals surface area contributed by atoms with Gasteiger partial charge in [-0.05, 0) is 70.6 Å². The maximum Gasteiger partial charge on any atom is 0.306 e. The minimum atomic E-state index is -1.13. The highest BCUT2D eigenvalue weighted by Gasteiger charge is 2.25. The third kappa shape index (κ3) is 40.7. The van der Waals surface area contributed by atoms with E-state index in [2.05, 4.69) is 62.5 Å². The Hall–Kier alpha value is -2.71. The molecule has 0 aliphatic heterocycles. The smallest absolute Gasteiger partial charge is 0.306 e. The summed E-state index contributed by atoms with van der Waals surface area (Å²) in [6.45, 7) is 4.61. The van der Waals surface area contributed by atoms with Crippen molar-refractivity contribution in [3.63, 3.8) is 0 Å². The molecule has 0 saturated heterocycles. The molecule has 348 valence electrons. The van der Waals surface area contributed by atoms with Crippen LogP contribution in [0.2, 0.25) is 0 Å². The zero-order chi connectivity index (χ0) is 44.2. The second-order valence-electron chi connectivity index (χ2n) is 17.7. The number of quaternary nitrogens is 1. The Morgan fingerprint density at radius 2 is 0.900 bits per heavy atom. The molecule has 0 aliphatic carbocycles. The summed E-state index contributed by atoms with van der Waals surface area (Å²) in [6, 6.07) is -0.734. The van der Waals surface area contributed by atoms with Crippen LogP contribution >= 0.6 is 0 Å². The predicted molar refractivity (Wildman–Crippen MR) is 250 cm³/mol. The van der Waals surface area contributed by atoms with Gasteiger partial charge in [0.2, 0.25) is 0 Å². The molecule has 0 heterocycles. The fourth-order valence-corrected chi connectivity index (χ4v) is 7.08. The largest absolute Gasteiger partial charge is 0.544 e. The molecule has 0 bridgehead atoms. The zero-order valence-electron chi connectivity index (χ0n) is 39.6. The first-order valence-electron chi connectivity index (χ1n) is 24.7. The first-order chi connectivity index (χ1) is 29.1. The summed E-state index contributed by atoms with van der Waals surface area (Å²) in [4.78, 5) is 36.9. The monoisotopic (exact) mass is 844 g/mol. The van der Waals surface area contributed by atoms with Gasteiger partial charge in [-0.15, -0.1) is 0 Å². The van der Waals surface area contributed by atoms with Gasteiger partial charge < -0.3 is 28.6 Å². The van der Waals surface area contributed by atoms with Gasteiger partial charge in [-0.1, -0.05) is 172 Å². The quantitative estimate of drug-likeness (QED) is 0.0260. The fourth-order valence-electron chi connectivity index (χ4n) is 7.08. The third-order valence-electron chi connectivity index (χ3n) is 10.9. The molecule has 0 aliphatic rings. The van der Waals surface area contributed by atoms with Crippen LogP contribution in [0.4, 0.5) is 0 Å². The van der Waals surface area contributed by atoms with E-state index in [0.29, 0.717) is 12.8 Å². The van der Waals surface area contributed by atoms with Crippen LogP contribution in [0.3, 0.4) is 0 Å². The van der Waals surface area contributed by atoms with Crippen LogP contribution in [0, 0.1) is 0 Å². The molecule has 0 aromatic heterocycles. The van der Waals surface area contributed by atoms with Gasteiger partial charge in [-0.25, -0.2) is 0 Å². The number of nitrogens with zero attached hydrogens (tertiary/aromatic N) is 1. The molecule has 2 unspecified atom stereocenters. The van der Waals surface area contributed by atoms with E-state index in [1.54, 1.807) is 21.1 Å². The van der Waals surface area contributed by atoms with E-state index in [4.69, 9.17) is 14.2 Å². The minimum absolute atomic E-state index is 0.0233. The van der Waals surface area contributed by atoms with Crippen LogP contribution in [0.1, 0.15) is 213 Å². The Morgan fingerprint density at radius 3 is 1.37 bits per heavy atom. The SMILES string of the molecule is CCCCCCCC/C=C/C/C=C/C/C=C/CCCC(=O)OCC(COCCC(C(=O)[O-])[N+](C)(C)C)OC(=O)CCCCCCCCC/C=C/CCCCCCCCCC. The molecule has 8 heteroatoms. The zero-order valence-corrected chi connectivity index (χ0v) is 39.6. The van der Waals surface area contributed by atoms with Crippen molar-refractivity contribution in [1.29, 1.82) is 0 Å². The van der Waals surface area contributed by atoms with Crippen LogP contribution in [0.25, 0.3) is 0 Å². The van der Waals surface area contributed by atoms with E-state index in [0.717, 1.165) is 38.5 Å². The standard InChI is InChI=1S/C52H93NO7/c1-6-8-10-12-14-16-18-20-22-24-25-27-29-31-33-35-37-39-41-43-51(55)60-48(46-58-45-44-49(52(56)57)53(3,4)5)47-59-50(54)42-40-38-36-34-32-30-28-26-23-21-19-17-15-13-11-9-7-2/h21,23-25,28,30,34,36,48-49H,6-20,22,26-27,29,31-33,35,37-47H2,1-5H3/b23-21+,25-24+,30-28+,36-34+. The summed E-state index contributed by atoms with van der Waals surface area (Å²) in [5, 5.41) is 11.6. The van der Waals surface area contributed by atoms with E-state index in [1.807, 2.05) is 0 Å². The number of carboxylic acid groups (broad SMARTS) is 1. The molecular formula is C52H93NO7. The number of carbonyl (C=O) groups is 3. The van der Waals surface area contributed by atoms with Crippen molar-refractivity contribution < 1.29 is 38.2 Å². The predicted octanol–water partition coefficient (Wildman–Crippen LogP) is 12.6. The van der Waals surface area contributed by atoms with E-state index in [1.165, 1.54) is 135 Å². The summed E-state index contributed by atoms with van der Waals surface area (Å²) in [7, 11) is 5.40.